The Morgan fingerprint density at radius 3 is 2.17 bits per heavy atom. The summed E-state index contributed by atoms with van der Waals surface area (Å²) >= 11 is 0. The number of carbonyl (C=O) groups excluding carboxylic acids is 1. The van der Waals surface area contributed by atoms with Gasteiger partial charge in [-0.3, -0.25) is 4.79 Å². The predicted octanol–water partition coefficient (Wildman–Crippen LogP) is 4.25. The molecule has 0 N–H and O–H groups in total. The molecule has 2 aromatic rings. The van der Waals surface area contributed by atoms with Crippen LogP contribution in [0, 0.1) is 0 Å². The highest BCUT2D eigenvalue weighted by atomic mass is 19.4. The predicted molar refractivity (Wildman–Crippen MR) is 96.5 cm³/mol. The van der Waals surface area contributed by atoms with E-state index in [9.17, 15) is 31.1 Å². The van der Waals surface area contributed by atoms with Crippen LogP contribution in [-0.2, 0) is 17.4 Å². The topological polar surface area (TPSA) is 49.6 Å². The highest BCUT2D eigenvalue weighted by Gasteiger charge is 2.42. The molecule has 0 aliphatic carbocycles. The van der Waals surface area contributed by atoms with Crippen molar-refractivity contribution in [1.82, 2.24) is 15.0 Å². The molecular formula is C19H21F6N3O2. The van der Waals surface area contributed by atoms with Gasteiger partial charge in [0.15, 0.2) is 5.76 Å². The Balaban J connectivity index is 2.05. The molecule has 1 aromatic heterocycles. The third kappa shape index (κ3) is 6.48. The number of benzene rings is 1. The van der Waals surface area contributed by atoms with Gasteiger partial charge in [-0.25, -0.2) is 0 Å². The van der Waals surface area contributed by atoms with E-state index < -0.39 is 23.8 Å². The molecule has 0 bridgehead atoms. The number of likely N-dealkylation sites (N-methyl/N-ethyl adjacent to an activating group) is 1. The van der Waals surface area contributed by atoms with E-state index in [-0.39, 0.29) is 38.2 Å². The van der Waals surface area contributed by atoms with Gasteiger partial charge in [0.2, 0.25) is 0 Å². The maximum atomic E-state index is 12.8. The zero-order chi connectivity index (χ0) is 22.5. The molecule has 0 aliphatic heterocycles. The van der Waals surface area contributed by atoms with Crippen LogP contribution in [0.25, 0.3) is 11.3 Å². The molecule has 1 heterocycles. The van der Waals surface area contributed by atoms with E-state index in [1.165, 1.54) is 18.3 Å². The summed E-state index contributed by atoms with van der Waals surface area (Å²) in [6.45, 7) is 0.0520. The second-order valence-corrected chi connectivity index (χ2v) is 6.95. The van der Waals surface area contributed by atoms with Crippen molar-refractivity contribution in [2.45, 2.75) is 25.2 Å². The Morgan fingerprint density at radius 1 is 1.00 bits per heavy atom. The van der Waals surface area contributed by atoms with E-state index in [2.05, 4.69) is 5.16 Å². The van der Waals surface area contributed by atoms with Crippen LogP contribution in [0.1, 0.15) is 17.5 Å². The van der Waals surface area contributed by atoms with Crippen LogP contribution in [0.3, 0.4) is 0 Å². The number of alkyl halides is 6. The average Bonchev–Trinajstić information content (AvgIpc) is 3.11. The molecule has 0 fully saturated rings. The maximum absolute atomic E-state index is 12.8. The maximum Gasteiger partial charge on any atom is 0.471 e. The molecule has 0 saturated heterocycles. The van der Waals surface area contributed by atoms with Gasteiger partial charge in [-0.2, -0.15) is 26.3 Å². The summed E-state index contributed by atoms with van der Waals surface area (Å²) in [6.07, 6.45) is -7.63. The van der Waals surface area contributed by atoms with Gasteiger partial charge in [-0.1, -0.05) is 17.3 Å². The first-order chi connectivity index (χ1) is 13.9. The summed E-state index contributed by atoms with van der Waals surface area (Å²) < 4.78 is 81.6. The van der Waals surface area contributed by atoms with Crippen LogP contribution in [0.4, 0.5) is 26.3 Å². The van der Waals surface area contributed by atoms with Crippen LogP contribution in [-0.4, -0.2) is 60.8 Å². The third-order valence-electron chi connectivity index (χ3n) is 4.34. The molecule has 5 nitrogen and oxygen atoms in total. The largest absolute Gasteiger partial charge is 0.471 e. The lowest BCUT2D eigenvalue weighted by Crippen LogP contribution is -2.44. The van der Waals surface area contributed by atoms with Gasteiger partial charge in [0, 0.05) is 30.8 Å². The van der Waals surface area contributed by atoms with Crippen molar-refractivity contribution in [2.75, 3.05) is 33.7 Å². The number of aromatic nitrogens is 1. The van der Waals surface area contributed by atoms with Gasteiger partial charge in [0.05, 0.1) is 11.8 Å². The fourth-order valence-corrected chi connectivity index (χ4v) is 2.76. The van der Waals surface area contributed by atoms with E-state index in [1.807, 2.05) is 0 Å². The Morgan fingerprint density at radius 2 is 1.63 bits per heavy atom. The standard InChI is InChI=1S/C19H21F6N3O2/c1-27(2)10-11-28(17(29)19(23,24)25)9-3-4-14-12-26-30-16(14)13-5-7-15(8-6-13)18(20,21)22/h5-8,12H,3-4,9-11H2,1-2H3. The molecule has 0 saturated carbocycles. The molecule has 30 heavy (non-hydrogen) atoms. The summed E-state index contributed by atoms with van der Waals surface area (Å²) in [4.78, 5) is 14.0. The minimum Gasteiger partial charge on any atom is -0.356 e. The zero-order valence-corrected chi connectivity index (χ0v) is 16.3. The minimum atomic E-state index is -4.96. The van der Waals surface area contributed by atoms with E-state index in [0.717, 1.165) is 17.0 Å². The number of carbonyl (C=O) groups is 1. The molecule has 0 spiro atoms. The number of hydrogen-bond donors (Lipinski definition) is 0. The highest BCUT2D eigenvalue weighted by Crippen LogP contribution is 2.32. The third-order valence-corrected chi connectivity index (χ3v) is 4.34. The molecular weight excluding hydrogens is 416 g/mol. The highest BCUT2D eigenvalue weighted by molar-refractivity contribution is 5.81. The zero-order valence-electron chi connectivity index (χ0n) is 16.3. The van der Waals surface area contributed by atoms with Crippen LogP contribution in [0.5, 0.6) is 0 Å². The number of halogens is 6. The molecule has 0 aliphatic rings. The summed E-state index contributed by atoms with van der Waals surface area (Å²) in [7, 11) is 3.37. The first kappa shape index (κ1) is 23.7. The number of rotatable bonds is 8. The molecule has 1 amide bonds. The lowest BCUT2D eigenvalue weighted by Gasteiger charge is -2.25. The summed E-state index contributed by atoms with van der Waals surface area (Å²) in [5.41, 5.74) is 0.0858. The van der Waals surface area contributed by atoms with Gasteiger partial charge < -0.3 is 14.3 Å². The molecule has 166 valence electrons. The first-order valence-electron chi connectivity index (χ1n) is 9.01. The van der Waals surface area contributed by atoms with Crippen molar-refractivity contribution in [1.29, 1.82) is 0 Å². The van der Waals surface area contributed by atoms with Gasteiger partial charge >= 0.3 is 18.3 Å². The quantitative estimate of drug-likeness (QED) is 0.580. The molecule has 0 atom stereocenters. The van der Waals surface area contributed by atoms with E-state index in [1.54, 1.807) is 19.0 Å². The summed E-state index contributed by atoms with van der Waals surface area (Å²) in [5.74, 6) is -1.66. The van der Waals surface area contributed by atoms with E-state index >= 15 is 0 Å². The van der Waals surface area contributed by atoms with Gasteiger partial charge in [0.1, 0.15) is 0 Å². The first-order valence-corrected chi connectivity index (χ1v) is 9.01. The summed E-state index contributed by atoms with van der Waals surface area (Å²) in [5, 5.41) is 3.64. The second kappa shape index (κ2) is 9.50. The van der Waals surface area contributed by atoms with Crippen molar-refractivity contribution in [3.63, 3.8) is 0 Å². The van der Waals surface area contributed by atoms with Gasteiger partial charge in [-0.05, 0) is 39.1 Å². The second-order valence-electron chi connectivity index (χ2n) is 6.95. The fourth-order valence-electron chi connectivity index (χ4n) is 2.76. The number of nitrogens with zero attached hydrogens (tertiary/aromatic N) is 3. The Kier molecular flexibility index (Phi) is 7.51. The number of hydrogen-bond acceptors (Lipinski definition) is 4. The van der Waals surface area contributed by atoms with E-state index in [4.69, 9.17) is 4.52 Å². The van der Waals surface area contributed by atoms with Crippen molar-refractivity contribution in [3.05, 3.63) is 41.6 Å². The van der Waals surface area contributed by atoms with Crippen molar-refractivity contribution >= 4 is 5.91 Å². The van der Waals surface area contributed by atoms with Crippen LogP contribution < -0.4 is 0 Å². The lowest BCUT2D eigenvalue weighted by molar-refractivity contribution is -0.185. The Bertz CT molecular complexity index is 828. The van der Waals surface area contributed by atoms with Crippen LogP contribution in [0.15, 0.2) is 35.0 Å². The monoisotopic (exact) mass is 437 g/mol. The molecule has 0 radical (unpaired) electrons. The smallest absolute Gasteiger partial charge is 0.356 e. The Labute approximate surface area is 169 Å². The van der Waals surface area contributed by atoms with Gasteiger partial charge in [0.25, 0.3) is 0 Å². The van der Waals surface area contributed by atoms with Crippen molar-refractivity contribution < 1.29 is 35.7 Å². The van der Waals surface area contributed by atoms with Crippen LogP contribution >= 0.6 is 0 Å². The average molecular weight is 437 g/mol. The van der Waals surface area contributed by atoms with Crippen LogP contribution in [0.2, 0.25) is 0 Å². The SMILES string of the molecule is CN(C)CCN(CCCc1cnoc1-c1ccc(C(F)(F)F)cc1)C(=O)C(F)(F)F. The fraction of sp³-hybridized carbons (Fsp3) is 0.474. The number of amides is 1. The minimum absolute atomic E-state index is 0.0826. The van der Waals surface area contributed by atoms with Gasteiger partial charge in [-0.15, -0.1) is 0 Å². The van der Waals surface area contributed by atoms with Crippen molar-refractivity contribution in [3.8, 4) is 11.3 Å². The Hall–Kier alpha value is -2.56. The van der Waals surface area contributed by atoms with E-state index in [0.29, 0.717) is 11.1 Å². The molecule has 11 heteroatoms. The van der Waals surface area contributed by atoms with Crippen molar-refractivity contribution in [2.24, 2.45) is 0 Å². The lowest BCUT2D eigenvalue weighted by atomic mass is 10.0. The normalized spacial score (nSPS) is 12.4. The molecule has 2 rings (SSSR count). The number of aryl methyl sites for hydroxylation is 1. The molecule has 0 unspecified atom stereocenters. The summed E-state index contributed by atoms with van der Waals surface area (Å²) in [6, 6.07) is 4.30. The molecule has 1 aromatic carbocycles.